The molecule has 22 heavy (non-hydrogen) atoms. The van der Waals surface area contributed by atoms with Crippen LogP contribution in [-0.4, -0.2) is 33.9 Å². The van der Waals surface area contributed by atoms with Crippen molar-refractivity contribution in [1.82, 2.24) is 5.06 Å². The molecule has 0 spiro atoms. The molecule has 1 aromatic carbocycles. The zero-order chi connectivity index (χ0) is 16.3. The van der Waals surface area contributed by atoms with E-state index in [0.717, 1.165) is 0 Å². The van der Waals surface area contributed by atoms with Gasteiger partial charge in [-0.05, 0) is 17.7 Å². The molecular weight excluding hydrogens is 294 g/mol. The second-order valence-corrected chi connectivity index (χ2v) is 4.56. The SMILES string of the molecule is CC(=O)Oc1ccc(C(O)C(=O)ON2C(=O)CCC2=O)cc1. The Hall–Kier alpha value is -2.74. The van der Waals surface area contributed by atoms with Gasteiger partial charge >= 0.3 is 11.9 Å². The van der Waals surface area contributed by atoms with Crippen molar-refractivity contribution >= 4 is 23.8 Å². The maximum absolute atomic E-state index is 11.7. The fourth-order valence-corrected chi connectivity index (χ4v) is 1.82. The number of hydroxylamine groups is 2. The first-order chi connectivity index (χ1) is 10.4. The number of imide groups is 1. The van der Waals surface area contributed by atoms with E-state index in [2.05, 4.69) is 4.84 Å². The first-order valence-corrected chi connectivity index (χ1v) is 6.42. The Labute approximate surface area is 125 Å². The van der Waals surface area contributed by atoms with Gasteiger partial charge in [-0.15, -0.1) is 5.06 Å². The van der Waals surface area contributed by atoms with Crippen LogP contribution in [0.5, 0.6) is 5.75 Å². The molecule has 8 nitrogen and oxygen atoms in total. The molecular formula is C14H13NO7. The minimum atomic E-state index is -1.67. The summed E-state index contributed by atoms with van der Waals surface area (Å²) in [7, 11) is 0. The maximum Gasteiger partial charge on any atom is 0.365 e. The molecule has 0 radical (unpaired) electrons. The molecule has 0 aliphatic carbocycles. The third-order valence-electron chi connectivity index (χ3n) is 2.87. The lowest BCUT2D eigenvalue weighted by atomic mass is 10.1. The van der Waals surface area contributed by atoms with Crippen LogP contribution in [0.1, 0.15) is 31.4 Å². The summed E-state index contributed by atoms with van der Waals surface area (Å²) in [6, 6.07) is 5.49. The molecule has 1 atom stereocenters. The van der Waals surface area contributed by atoms with E-state index in [0.29, 0.717) is 5.06 Å². The average molecular weight is 307 g/mol. The number of esters is 1. The number of carbonyl (C=O) groups excluding carboxylic acids is 4. The highest BCUT2D eigenvalue weighted by Crippen LogP contribution is 2.21. The quantitative estimate of drug-likeness (QED) is 0.482. The lowest BCUT2D eigenvalue weighted by Crippen LogP contribution is -2.34. The van der Waals surface area contributed by atoms with E-state index in [1.54, 1.807) is 0 Å². The van der Waals surface area contributed by atoms with Crippen molar-refractivity contribution in [3.8, 4) is 5.75 Å². The Balaban J connectivity index is 2.02. The number of aliphatic hydroxyl groups excluding tert-OH is 1. The number of hydrogen-bond acceptors (Lipinski definition) is 7. The average Bonchev–Trinajstić information content (AvgIpc) is 2.78. The fourth-order valence-electron chi connectivity index (χ4n) is 1.82. The van der Waals surface area contributed by atoms with Crippen LogP contribution in [0.25, 0.3) is 0 Å². The normalized spacial score (nSPS) is 15.6. The predicted octanol–water partition coefficient (Wildman–Crippen LogP) is 0.252. The van der Waals surface area contributed by atoms with E-state index in [1.165, 1.54) is 31.2 Å². The third kappa shape index (κ3) is 3.47. The number of rotatable bonds is 4. The van der Waals surface area contributed by atoms with Crippen molar-refractivity contribution in [2.75, 3.05) is 0 Å². The monoisotopic (exact) mass is 307 g/mol. The van der Waals surface area contributed by atoms with E-state index in [9.17, 15) is 24.3 Å². The second-order valence-electron chi connectivity index (χ2n) is 4.56. The molecule has 116 valence electrons. The highest BCUT2D eigenvalue weighted by Gasteiger charge is 2.34. The van der Waals surface area contributed by atoms with Gasteiger partial charge in [0, 0.05) is 19.8 Å². The van der Waals surface area contributed by atoms with Gasteiger partial charge in [-0.2, -0.15) is 0 Å². The molecule has 0 bridgehead atoms. The van der Waals surface area contributed by atoms with Crippen LogP contribution < -0.4 is 4.74 Å². The van der Waals surface area contributed by atoms with E-state index < -0.39 is 29.9 Å². The van der Waals surface area contributed by atoms with Crippen molar-refractivity contribution in [1.29, 1.82) is 0 Å². The largest absolute Gasteiger partial charge is 0.427 e. The lowest BCUT2D eigenvalue weighted by Gasteiger charge is -2.16. The number of carbonyl (C=O) groups is 4. The number of amides is 2. The van der Waals surface area contributed by atoms with Crippen LogP contribution in [0.4, 0.5) is 0 Å². The van der Waals surface area contributed by atoms with Gasteiger partial charge in [0.1, 0.15) is 5.75 Å². The van der Waals surface area contributed by atoms with Crippen LogP contribution >= 0.6 is 0 Å². The fraction of sp³-hybridized carbons (Fsp3) is 0.286. The Morgan fingerprint density at radius 1 is 1.14 bits per heavy atom. The number of nitrogens with zero attached hydrogens (tertiary/aromatic N) is 1. The summed E-state index contributed by atoms with van der Waals surface area (Å²) >= 11 is 0. The topological polar surface area (TPSA) is 110 Å². The molecule has 1 fully saturated rings. The van der Waals surface area contributed by atoms with Gasteiger partial charge in [0.2, 0.25) is 0 Å². The highest BCUT2D eigenvalue weighted by atomic mass is 16.7. The van der Waals surface area contributed by atoms with Gasteiger partial charge in [-0.1, -0.05) is 12.1 Å². The molecule has 2 amide bonds. The summed E-state index contributed by atoms with van der Waals surface area (Å²) in [4.78, 5) is 49.8. The van der Waals surface area contributed by atoms with Gasteiger partial charge in [-0.3, -0.25) is 14.4 Å². The first-order valence-electron chi connectivity index (χ1n) is 6.42. The Morgan fingerprint density at radius 2 is 1.68 bits per heavy atom. The van der Waals surface area contributed by atoms with Crippen LogP contribution in [0.15, 0.2) is 24.3 Å². The second kappa shape index (κ2) is 6.35. The lowest BCUT2D eigenvalue weighted by molar-refractivity contribution is -0.203. The van der Waals surface area contributed by atoms with Gasteiger partial charge < -0.3 is 14.7 Å². The standard InChI is InChI=1S/C14H13NO7/c1-8(16)21-10-4-2-9(3-5-10)13(19)14(20)22-15-11(17)6-7-12(15)18/h2-5,13,19H,6-7H2,1H3. The zero-order valence-electron chi connectivity index (χ0n) is 11.6. The molecule has 2 rings (SSSR count). The minimum absolute atomic E-state index is 0.0285. The van der Waals surface area contributed by atoms with Crippen LogP contribution in [-0.2, 0) is 24.0 Å². The molecule has 1 N–H and O–H groups in total. The molecule has 1 unspecified atom stereocenters. The predicted molar refractivity (Wildman–Crippen MR) is 69.9 cm³/mol. The van der Waals surface area contributed by atoms with Gasteiger partial charge in [0.25, 0.3) is 11.8 Å². The summed E-state index contributed by atoms with van der Waals surface area (Å²) in [6.07, 6.45) is -1.73. The molecule has 1 aliphatic rings. The van der Waals surface area contributed by atoms with Crippen LogP contribution in [0, 0.1) is 0 Å². The molecule has 0 saturated carbocycles. The summed E-state index contributed by atoms with van der Waals surface area (Å²) in [5.41, 5.74) is 0.167. The Kier molecular flexibility index (Phi) is 4.52. The molecule has 1 aromatic rings. The van der Waals surface area contributed by atoms with Crippen molar-refractivity contribution < 1.29 is 33.9 Å². The summed E-state index contributed by atoms with van der Waals surface area (Å²) in [6.45, 7) is 1.24. The molecule has 0 aromatic heterocycles. The van der Waals surface area contributed by atoms with E-state index in [4.69, 9.17) is 4.74 Å². The first kappa shape index (κ1) is 15.6. The van der Waals surface area contributed by atoms with E-state index in [1.807, 2.05) is 0 Å². The van der Waals surface area contributed by atoms with Crippen molar-refractivity contribution in [3.63, 3.8) is 0 Å². The van der Waals surface area contributed by atoms with Gasteiger partial charge in [0.15, 0.2) is 6.10 Å². The van der Waals surface area contributed by atoms with Crippen molar-refractivity contribution in [2.24, 2.45) is 0 Å². The van der Waals surface area contributed by atoms with E-state index >= 15 is 0 Å². The number of hydrogen-bond donors (Lipinski definition) is 1. The third-order valence-corrected chi connectivity index (χ3v) is 2.87. The summed E-state index contributed by atoms with van der Waals surface area (Å²) < 4.78 is 4.81. The van der Waals surface area contributed by atoms with Crippen molar-refractivity contribution in [3.05, 3.63) is 29.8 Å². The van der Waals surface area contributed by atoms with Crippen molar-refractivity contribution in [2.45, 2.75) is 25.9 Å². The molecule has 1 heterocycles. The minimum Gasteiger partial charge on any atom is -0.427 e. The van der Waals surface area contributed by atoms with Crippen LogP contribution in [0.3, 0.4) is 0 Å². The highest BCUT2D eigenvalue weighted by molar-refractivity contribution is 6.01. The molecule has 1 aliphatic heterocycles. The maximum atomic E-state index is 11.7. The molecule has 1 saturated heterocycles. The van der Waals surface area contributed by atoms with Crippen LogP contribution in [0.2, 0.25) is 0 Å². The Bertz CT molecular complexity index is 607. The van der Waals surface area contributed by atoms with E-state index in [-0.39, 0.29) is 24.2 Å². The zero-order valence-corrected chi connectivity index (χ0v) is 11.6. The number of aliphatic hydroxyl groups is 1. The number of benzene rings is 1. The smallest absolute Gasteiger partial charge is 0.365 e. The Morgan fingerprint density at radius 3 is 2.18 bits per heavy atom. The summed E-state index contributed by atoms with van der Waals surface area (Å²) in [5.74, 6) is -2.66. The van der Waals surface area contributed by atoms with Gasteiger partial charge in [0.05, 0.1) is 0 Å². The summed E-state index contributed by atoms with van der Waals surface area (Å²) in [5, 5.41) is 10.2. The van der Waals surface area contributed by atoms with Gasteiger partial charge in [-0.25, -0.2) is 4.79 Å². The number of ether oxygens (including phenoxy) is 1. The molecule has 8 heteroatoms.